The molecule has 0 amide bonds. The molecular formula is C15H12Cl2N4O2S. The number of hydrogen-bond acceptors (Lipinski definition) is 4. The summed E-state index contributed by atoms with van der Waals surface area (Å²) in [5.41, 5.74) is 4.62. The van der Waals surface area contributed by atoms with E-state index in [2.05, 4.69) is 15.8 Å². The number of hydrogen-bond donors (Lipinski definition) is 2. The molecule has 0 heterocycles. The average molecular weight is 383 g/mol. The van der Waals surface area contributed by atoms with Crippen molar-refractivity contribution >= 4 is 57.6 Å². The van der Waals surface area contributed by atoms with Gasteiger partial charge >= 0.3 is 0 Å². The van der Waals surface area contributed by atoms with Crippen LogP contribution in [0.2, 0.25) is 10.0 Å². The second-order valence-corrected chi connectivity index (χ2v) is 5.86. The second-order valence-electron chi connectivity index (χ2n) is 4.67. The molecule has 124 valence electrons. The molecule has 0 aliphatic rings. The van der Waals surface area contributed by atoms with Crippen molar-refractivity contribution < 1.29 is 4.92 Å². The first kappa shape index (κ1) is 18.1. The standard InChI is InChI=1S/C15H12Cl2N4O2S/c1-9(10-5-7-11(8-6-10)21(22)23)19-20-15(24)18-13-4-2-3-12(16)14(13)17/h2-8H,1H3,(H2,18,20,24)/b19-9+. The number of non-ortho nitro benzene ring substituents is 1. The molecule has 2 rings (SSSR count). The van der Waals surface area contributed by atoms with E-state index < -0.39 is 4.92 Å². The number of halogens is 2. The van der Waals surface area contributed by atoms with E-state index in [0.717, 1.165) is 5.56 Å². The quantitative estimate of drug-likeness (QED) is 0.349. The zero-order valence-electron chi connectivity index (χ0n) is 12.4. The Labute approximate surface area is 153 Å². The maximum Gasteiger partial charge on any atom is 0.269 e. The van der Waals surface area contributed by atoms with Crippen molar-refractivity contribution in [2.45, 2.75) is 6.92 Å². The molecule has 2 aromatic carbocycles. The molecular weight excluding hydrogens is 371 g/mol. The fourth-order valence-electron chi connectivity index (χ4n) is 1.77. The molecule has 0 aliphatic carbocycles. The Kier molecular flexibility index (Phi) is 6.08. The molecule has 0 saturated carbocycles. The van der Waals surface area contributed by atoms with Gasteiger partial charge in [-0.25, -0.2) is 0 Å². The van der Waals surface area contributed by atoms with Crippen molar-refractivity contribution in [3.63, 3.8) is 0 Å². The highest BCUT2D eigenvalue weighted by atomic mass is 35.5. The number of anilines is 1. The number of benzene rings is 2. The first-order valence-corrected chi connectivity index (χ1v) is 7.85. The van der Waals surface area contributed by atoms with E-state index in [1.165, 1.54) is 12.1 Å². The first-order valence-electron chi connectivity index (χ1n) is 6.68. The maximum absolute atomic E-state index is 10.6. The zero-order chi connectivity index (χ0) is 17.7. The van der Waals surface area contributed by atoms with E-state index in [4.69, 9.17) is 35.4 Å². The van der Waals surface area contributed by atoms with Crippen molar-refractivity contribution in [1.82, 2.24) is 5.43 Å². The number of nitro groups is 1. The summed E-state index contributed by atoms with van der Waals surface area (Å²) >= 11 is 17.1. The fourth-order valence-corrected chi connectivity index (χ4v) is 2.28. The van der Waals surface area contributed by atoms with Gasteiger partial charge in [-0.15, -0.1) is 0 Å². The van der Waals surface area contributed by atoms with Crippen LogP contribution < -0.4 is 10.7 Å². The van der Waals surface area contributed by atoms with Gasteiger partial charge in [0.15, 0.2) is 5.11 Å². The van der Waals surface area contributed by atoms with Gasteiger partial charge < -0.3 is 5.32 Å². The normalized spacial score (nSPS) is 11.0. The topological polar surface area (TPSA) is 79.6 Å². The minimum absolute atomic E-state index is 0.0206. The highest BCUT2D eigenvalue weighted by molar-refractivity contribution is 7.80. The van der Waals surface area contributed by atoms with Gasteiger partial charge in [0.2, 0.25) is 0 Å². The maximum atomic E-state index is 10.6. The lowest BCUT2D eigenvalue weighted by Gasteiger charge is -2.10. The molecule has 2 N–H and O–H groups in total. The number of hydrazone groups is 1. The van der Waals surface area contributed by atoms with E-state index >= 15 is 0 Å². The molecule has 0 spiro atoms. The largest absolute Gasteiger partial charge is 0.330 e. The number of nitrogens with one attached hydrogen (secondary N) is 2. The molecule has 0 bridgehead atoms. The lowest BCUT2D eigenvalue weighted by Crippen LogP contribution is -2.25. The van der Waals surface area contributed by atoms with Crippen molar-refractivity contribution in [2.75, 3.05) is 5.32 Å². The van der Waals surface area contributed by atoms with Crippen LogP contribution in [0.5, 0.6) is 0 Å². The number of nitro benzene ring substituents is 1. The molecule has 24 heavy (non-hydrogen) atoms. The summed E-state index contributed by atoms with van der Waals surface area (Å²) in [6.45, 7) is 1.75. The Morgan fingerprint density at radius 1 is 1.21 bits per heavy atom. The van der Waals surface area contributed by atoms with Crippen molar-refractivity contribution in [2.24, 2.45) is 5.10 Å². The fraction of sp³-hybridized carbons (Fsp3) is 0.0667. The smallest absolute Gasteiger partial charge is 0.269 e. The monoisotopic (exact) mass is 382 g/mol. The van der Waals surface area contributed by atoms with E-state index in [1.54, 1.807) is 37.3 Å². The van der Waals surface area contributed by atoms with Crippen molar-refractivity contribution in [3.8, 4) is 0 Å². The lowest BCUT2D eigenvalue weighted by molar-refractivity contribution is -0.384. The minimum Gasteiger partial charge on any atom is -0.330 e. The van der Waals surface area contributed by atoms with Crippen molar-refractivity contribution in [1.29, 1.82) is 0 Å². The van der Waals surface area contributed by atoms with Crippen LogP contribution in [0.25, 0.3) is 0 Å². The highest BCUT2D eigenvalue weighted by Crippen LogP contribution is 2.29. The van der Waals surface area contributed by atoms with E-state index in [9.17, 15) is 10.1 Å². The van der Waals surface area contributed by atoms with Crippen LogP contribution in [0.4, 0.5) is 11.4 Å². The van der Waals surface area contributed by atoms with Crippen LogP contribution in [-0.2, 0) is 0 Å². The lowest BCUT2D eigenvalue weighted by atomic mass is 10.1. The van der Waals surface area contributed by atoms with Gasteiger partial charge in [-0.05, 0) is 49.0 Å². The highest BCUT2D eigenvalue weighted by Gasteiger charge is 2.07. The summed E-state index contributed by atoms with van der Waals surface area (Å²) in [4.78, 5) is 10.2. The molecule has 2 aromatic rings. The predicted molar refractivity (Wildman–Crippen MR) is 101 cm³/mol. The Hall–Kier alpha value is -2.22. The number of thiocarbonyl (C=S) groups is 1. The molecule has 0 unspecified atom stereocenters. The molecule has 0 saturated heterocycles. The summed E-state index contributed by atoms with van der Waals surface area (Å²) in [6, 6.07) is 11.2. The summed E-state index contributed by atoms with van der Waals surface area (Å²) in [6.07, 6.45) is 0. The van der Waals surface area contributed by atoms with Crippen LogP contribution in [-0.4, -0.2) is 15.7 Å². The summed E-state index contributed by atoms with van der Waals surface area (Å²) < 4.78 is 0. The molecule has 9 heteroatoms. The first-order chi connectivity index (χ1) is 11.4. The van der Waals surface area contributed by atoms with E-state index in [0.29, 0.717) is 21.4 Å². The van der Waals surface area contributed by atoms with Gasteiger partial charge in [0.1, 0.15) is 0 Å². The van der Waals surface area contributed by atoms with Crippen LogP contribution in [0.15, 0.2) is 47.6 Å². The molecule has 0 fully saturated rings. The Balaban J connectivity index is 2.02. The number of rotatable bonds is 4. The van der Waals surface area contributed by atoms with Crippen LogP contribution >= 0.6 is 35.4 Å². The van der Waals surface area contributed by atoms with Crippen molar-refractivity contribution in [3.05, 3.63) is 68.2 Å². The van der Waals surface area contributed by atoms with E-state index in [1.807, 2.05) is 0 Å². The number of nitrogens with zero attached hydrogens (tertiary/aromatic N) is 2. The van der Waals surface area contributed by atoms with Gasteiger partial charge in [-0.2, -0.15) is 5.10 Å². The van der Waals surface area contributed by atoms with Gasteiger partial charge in [-0.1, -0.05) is 29.3 Å². The Bertz CT molecular complexity index is 810. The average Bonchev–Trinajstić information content (AvgIpc) is 2.57. The SMILES string of the molecule is C/C(=N\NC(=S)Nc1cccc(Cl)c1Cl)c1ccc([N+](=O)[O-])cc1. The predicted octanol–water partition coefficient (Wildman–Crippen LogP) is 4.61. The summed E-state index contributed by atoms with van der Waals surface area (Å²) in [7, 11) is 0. The summed E-state index contributed by atoms with van der Waals surface area (Å²) in [5, 5.41) is 18.7. The van der Waals surface area contributed by atoms with Crippen LogP contribution in [0.3, 0.4) is 0 Å². The zero-order valence-corrected chi connectivity index (χ0v) is 14.7. The molecule has 0 atom stereocenters. The van der Waals surface area contributed by atoms with Crippen LogP contribution in [0.1, 0.15) is 12.5 Å². The molecule has 0 radical (unpaired) electrons. The minimum atomic E-state index is -0.456. The van der Waals surface area contributed by atoms with Gasteiger partial charge in [-0.3, -0.25) is 15.5 Å². The van der Waals surface area contributed by atoms with Gasteiger partial charge in [0.05, 0.1) is 26.4 Å². The third-order valence-electron chi connectivity index (χ3n) is 3.02. The molecule has 0 aromatic heterocycles. The third kappa shape index (κ3) is 4.64. The van der Waals surface area contributed by atoms with Crippen LogP contribution in [0, 0.1) is 10.1 Å². The second kappa shape index (κ2) is 8.05. The Morgan fingerprint density at radius 2 is 1.88 bits per heavy atom. The Morgan fingerprint density at radius 3 is 2.50 bits per heavy atom. The third-order valence-corrected chi connectivity index (χ3v) is 4.03. The van der Waals surface area contributed by atoms with Gasteiger partial charge in [0, 0.05) is 12.1 Å². The molecule has 6 nitrogen and oxygen atoms in total. The van der Waals surface area contributed by atoms with E-state index in [-0.39, 0.29) is 10.8 Å². The molecule has 0 aliphatic heterocycles. The van der Waals surface area contributed by atoms with Gasteiger partial charge in [0.25, 0.3) is 5.69 Å². The summed E-state index contributed by atoms with van der Waals surface area (Å²) in [5.74, 6) is 0.